The molecule has 8 rings (SSSR count). The van der Waals surface area contributed by atoms with Crippen molar-refractivity contribution in [2.45, 2.75) is 24.2 Å². The number of nitrogens with zero attached hydrogens (tertiary/aromatic N) is 4. The van der Waals surface area contributed by atoms with Crippen LogP contribution in [-0.2, 0) is 20.1 Å². The summed E-state index contributed by atoms with van der Waals surface area (Å²) in [5, 5.41) is 2.23. The average molecular weight is 838 g/mol. The number of para-hydroxylation sites is 1. The van der Waals surface area contributed by atoms with Gasteiger partial charge in [0.2, 0.25) is 0 Å². The Morgan fingerprint density at radius 1 is 0.761 bits per heavy atom. The summed E-state index contributed by atoms with van der Waals surface area (Å²) in [6.45, 7) is 1.99. The van der Waals surface area contributed by atoms with E-state index >= 15 is 0 Å². The van der Waals surface area contributed by atoms with Crippen molar-refractivity contribution < 1.29 is 24.5 Å². The van der Waals surface area contributed by atoms with Gasteiger partial charge in [-0.25, -0.2) is 0 Å². The number of hydrogen-bond acceptors (Lipinski definition) is 4. The van der Waals surface area contributed by atoms with E-state index in [0.717, 1.165) is 67.0 Å². The van der Waals surface area contributed by atoms with Crippen molar-refractivity contribution in [3.8, 4) is 28.3 Å². The maximum absolute atomic E-state index is 6.51. The Kier molecular flexibility index (Phi) is 9.05. The molecule has 8 aromatic rings. The predicted octanol–water partition coefficient (Wildman–Crippen LogP) is 9.19. The van der Waals surface area contributed by atoms with Crippen LogP contribution in [0.5, 0.6) is 0 Å². The Morgan fingerprint density at radius 2 is 1.57 bits per heavy atom. The van der Waals surface area contributed by atoms with Crippen LogP contribution in [0.25, 0.3) is 61.3 Å². The fourth-order valence-corrected chi connectivity index (χ4v) is 7.94. The smallest absolute Gasteiger partial charge is 0.0160 e. The Balaban J connectivity index is 0.000000241. The minimum atomic E-state index is -1.97. The van der Waals surface area contributed by atoms with Gasteiger partial charge in [0.25, 0.3) is 0 Å². The predicted molar refractivity (Wildman–Crippen MR) is 187 cm³/mol. The SMILES string of the molecule is Cc1cc2nc(-c3[c-]ccc4c3oc3c[c]([Ge]([CH3])([CH3])[CH3])ccc34)n(-c3ccccc3)c2cn1.[Ir].[c-]1ccccc1-c1ccccn1. The zero-order chi connectivity index (χ0) is 31.0. The first-order chi connectivity index (χ1) is 21.9. The molecular weight excluding hydrogens is 805 g/mol. The van der Waals surface area contributed by atoms with Gasteiger partial charge in [-0.3, -0.25) is 0 Å². The van der Waals surface area contributed by atoms with Crippen LogP contribution in [0.3, 0.4) is 0 Å². The van der Waals surface area contributed by atoms with Gasteiger partial charge in [0, 0.05) is 26.3 Å². The second kappa shape index (κ2) is 13.2. The van der Waals surface area contributed by atoms with E-state index in [0.29, 0.717) is 0 Å². The first kappa shape index (κ1) is 31.6. The average Bonchev–Trinajstić information content (AvgIpc) is 3.64. The Labute approximate surface area is 285 Å². The Hall–Kier alpha value is -4.36. The molecule has 0 N–H and O–H groups in total. The number of benzene rings is 4. The third-order valence-electron chi connectivity index (χ3n) is 7.86. The Morgan fingerprint density at radius 3 is 2.30 bits per heavy atom. The van der Waals surface area contributed by atoms with Gasteiger partial charge >= 0.3 is 196 Å². The molecular formula is C39H32GeIrN4O-2. The van der Waals surface area contributed by atoms with E-state index in [2.05, 4.69) is 80.3 Å². The molecule has 46 heavy (non-hydrogen) atoms. The van der Waals surface area contributed by atoms with E-state index in [1.807, 2.05) is 85.9 Å². The molecule has 4 heterocycles. The molecule has 0 saturated heterocycles. The third kappa shape index (κ3) is 6.21. The molecule has 0 atom stereocenters. The van der Waals surface area contributed by atoms with Gasteiger partial charge in [-0.15, -0.1) is 35.9 Å². The molecule has 229 valence electrons. The number of aromatic nitrogens is 4. The summed E-state index contributed by atoms with van der Waals surface area (Å²) in [6.07, 6.45) is 3.69. The molecule has 1 radical (unpaired) electrons. The van der Waals surface area contributed by atoms with Crippen LogP contribution in [0.4, 0.5) is 0 Å². The topological polar surface area (TPSA) is 56.7 Å². The summed E-state index contributed by atoms with van der Waals surface area (Å²) in [5.74, 6) is 8.02. The molecule has 0 unspecified atom stereocenters. The van der Waals surface area contributed by atoms with Gasteiger partial charge in [0.1, 0.15) is 0 Å². The second-order valence-electron chi connectivity index (χ2n) is 12.1. The number of aryl methyl sites for hydroxylation is 1. The van der Waals surface area contributed by atoms with Gasteiger partial charge in [0.05, 0.1) is 0 Å². The molecule has 0 bridgehead atoms. The summed E-state index contributed by atoms with van der Waals surface area (Å²) in [6, 6.07) is 43.3. The standard InChI is InChI=1S/C28H24GeN3O.C11H8N.Ir/c1-18-15-24-25(17-30-18)32(20-9-6-5-7-10-20)28(31-24)23-12-8-11-22-21-14-13-19(29(2,3)4)16-26(21)33-27(22)23;1-2-6-10(7-3-1)11-8-4-5-9-12-11;/h5-11,13-17H,1-4H3;1-6,8-9H;/q2*-1;. The molecule has 7 heteroatoms. The van der Waals surface area contributed by atoms with Crippen LogP contribution in [0.1, 0.15) is 5.69 Å². The fraction of sp³-hybridized carbons (Fsp3) is 0.103. The normalized spacial score (nSPS) is 11.3. The quantitative estimate of drug-likeness (QED) is 0.131. The molecule has 4 aromatic heterocycles. The second-order valence-corrected chi connectivity index (χ2v) is 22.7. The summed E-state index contributed by atoms with van der Waals surface area (Å²) in [4.78, 5) is 13.8. The number of furan rings is 1. The number of imidazole rings is 1. The molecule has 0 amide bonds. The van der Waals surface area contributed by atoms with Gasteiger partial charge in [0.15, 0.2) is 0 Å². The molecule has 0 aliphatic heterocycles. The molecule has 5 nitrogen and oxygen atoms in total. The molecule has 0 aliphatic rings. The first-order valence-electron chi connectivity index (χ1n) is 15.0. The van der Waals surface area contributed by atoms with Crippen molar-refractivity contribution in [3.05, 3.63) is 139 Å². The molecule has 0 spiro atoms. The van der Waals surface area contributed by atoms with Gasteiger partial charge in [-0.1, -0.05) is 12.1 Å². The monoisotopic (exact) mass is 839 g/mol. The van der Waals surface area contributed by atoms with E-state index in [-0.39, 0.29) is 20.1 Å². The van der Waals surface area contributed by atoms with Crippen LogP contribution in [0.2, 0.25) is 17.3 Å². The maximum Gasteiger partial charge on any atom is 0.0160 e. The zero-order valence-electron chi connectivity index (χ0n) is 26.1. The van der Waals surface area contributed by atoms with Crippen LogP contribution in [0.15, 0.2) is 126 Å². The van der Waals surface area contributed by atoms with Crippen molar-refractivity contribution in [3.63, 3.8) is 0 Å². The van der Waals surface area contributed by atoms with Gasteiger partial charge in [-0.05, 0) is 11.8 Å². The number of rotatable bonds is 4. The van der Waals surface area contributed by atoms with E-state index in [4.69, 9.17) is 9.40 Å². The number of pyridine rings is 2. The van der Waals surface area contributed by atoms with Gasteiger partial charge in [-0.2, -0.15) is 0 Å². The summed E-state index contributed by atoms with van der Waals surface area (Å²) < 4.78 is 10.1. The third-order valence-corrected chi connectivity index (χ3v) is 12.2. The first-order valence-corrected chi connectivity index (χ1v) is 22.4. The van der Waals surface area contributed by atoms with Crippen molar-refractivity contribution in [1.29, 1.82) is 0 Å². The van der Waals surface area contributed by atoms with Crippen LogP contribution in [-0.4, -0.2) is 32.8 Å². The molecule has 4 aromatic carbocycles. The van der Waals surface area contributed by atoms with Gasteiger partial charge < -0.3 is 4.98 Å². The minimum absolute atomic E-state index is 0. The molecule has 0 aliphatic carbocycles. The van der Waals surface area contributed by atoms with Crippen molar-refractivity contribution in [1.82, 2.24) is 19.5 Å². The van der Waals surface area contributed by atoms with E-state index in [1.165, 1.54) is 4.40 Å². The zero-order valence-corrected chi connectivity index (χ0v) is 30.6. The van der Waals surface area contributed by atoms with Crippen molar-refractivity contribution in [2.75, 3.05) is 0 Å². The molecule has 0 fully saturated rings. The van der Waals surface area contributed by atoms with Crippen LogP contribution >= 0.6 is 0 Å². The van der Waals surface area contributed by atoms with Crippen molar-refractivity contribution >= 4 is 50.6 Å². The Bertz CT molecular complexity index is 2220. The summed E-state index contributed by atoms with van der Waals surface area (Å²) in [5.41, 5.74) is 8.48. The fourth-order valence-electron chi connectivity index (χ4n) is 5.53. The molecule has 0 saturated carbocycles. The van der Waals surface area contributed by atoms with Crippen LogP contribution < -0.4 is 4.40 Å². The minimum Gasteiger partial charge on any atom is -0.305 e. The summed E-state index contributed by atoms with van der Waals surface area (Å²) >= 11 is -1.97. The maximum atomic E-state index is 6.51. The van der Waals surface area contributed by atoms with E-state index in [1.54, 1.807) is 6.20 Å². The van der Waals surface area contributed by atoms with Crippen LogP contribution in [0, 0.1) is 19.1 Å². The largest absolute Gasteiger partial charge is 0.305 e. The summed E-state index contributed by atoms with van der Waals surface area (Å²) in [7, 11) is 0. The number of hydrogen-bond donors (Lipinski definition) is 0. The van der Waals surface area contributed by atoms with E-state index in [9.17, 15) is 0 Å². The van der Waals surface area contributed by atoms with E-state index < -0.39 is 13.3 Å². The van der Waals surface area contributed by atoms with Crippen molar-refractivity contribution in [2.24, 2.45) is 0 Å². The number of fused-ring (bicyclic) bond motifs is 4.